The van der Waals surface area contributed by atoms with Gasteiger partial charge in [-0.2, -0.15) is 0 Å². The minimum atomic E-state index is -0.150. The van der Waals surface area contributed by atoms with Crippen LogP contribution < -0.4 is 10.2 Å². The van der Waals surface area contributed by atoms with E-state index in [1.807, 2.05) is 13.0 Å². The van der Waals surface area contributed by atoms with E-state index in [9.17, 15) is 4.39 Å². The molecule has 0 saturated carbocycles. The Morgan fingerprint density at radius 3 is 2.95 bits per heavy atom. The monoisotopic (exact) mass is 306 g/mol. The minimum absolute atomic E-state index is 0.150. The zero-order valence-electron chi connectivity index (χ0n) is 13.6. The van der Waals surface area contributed by atoms with Crippen LogP contribution in [0, 0.1) is 18.7 Å². The van der Waals surface area contributed by atoms with Crippen molar-refractivity contribution in [1.82, 2.24) is 5.32 Å². The third-order valence-corrected chi connectivity index (χ3v) is 5.09. The minimum Gasteiger partial charge on any atom is -0.381 e. The topological polar surface area (TPSA) is 24.5 Å². The van der Waals surface area contributed by atoms with Crippen molar-refractivity contribution in [3.8, 4) is 0 Å². The summed E-state index contributed by atoms with van der Waals surface area (Å²) in [7, 11) is 0. The van der Waals surface area contributed by atoms with Gasteiger partial charge in [0.25, 0.3) is 0 Å². The number of aryl methyl sites for hydroxylation is 1. The van der Waals surface area contributed by atoms with Crippen LogP contribution >= 0.6 is 0 Å². The van der Waals surface area contributed by atoms with Gasteiger partial charge in [-0.15, -0.1) is 0 Å². The Hall–Kier alpha value is -1.13. The van der Waals surface area contributed by atoms with E-state index in [4.69, 9.17) is 4.74 Å². The molecule has 3 rings (SSSR count). The van der Waals surface area contributed by atoms with Crippen molar-refractivity contribution in [2.45, 2.75) is 45.2 Å². The Bertz CT molecular complexity index is 502. The summed E-state index contributed by atoms with van der Waals surface area (Å²) >= 11 is 0. The Kier molecular flexibility index (Phi) is 4.99. The van der Waals surface area contributed by atoms with Crippen molar-refractivity contribution in [2.75, 3.05) is 31.2 Å². The smallest absolute Gasteiger partial charge is 0.123 e. The number of hydrogen-bond donors (Lipinski definition) is 1. The average Bonchev–Trinajstić information content (AvgIpc) is 3.02. The summed E-state index contributed by atoms with van der Waals surface area (Å²) in [5.41, 5.74) is 2.20. The van der Waals surface area contributed by atoms with Crippen LogP contribution in [0.1, 0.15) is 31.7 Å². The first-order valence-electron chi connectivity index (χ1n) is 8.48. The molecule has 4 heteroatoms. The molecule has 0 amide bonds. The number of hydrogen-bond acceptors (Lipinski definition) is 3. The molecule has 2 aliphatic rings. The van der Waals surface area contributed by atoms with Crippen molar-refractivity contribution in [3.63, 3.8) is 0 Å². The second kappa shape index (κ2) is 6.97. The van der Waals surface area contributed by atoms with Gasteiger partial charge in [0.05, 0.1) is 6.61 Å². The summed E-state index contributed by atoms with van der Waals surface area (Å²) in [5.74, 6) is 0.491. The van der Waals surface area contributed by atoms with Gasteiger partial charge in [-0.25, -0.2) is 4.39 Å². The normalized spacial score (nSPS) is 27.1. The summed E-state index contributed by atoms with van der Waals surface area (Å²) < 4.78 is 18.8. The van der Waals surface area contributed by atoms with Crippen LogP contribution in [0.3, 0.4) is 0 Å². The fourth-order valence-electron chi connectivity index (χ4n) is 3.76. The van der Waals surface area contributed by atoms with Crippen molar-refractivity contribution < 1.29 is 9.13 Å². The number of benzene rings is 1. The molecule has 22 heavy (non-hydrogen) atoms. The van der Waals surface area contributed by atoms with E-state index in [1.165, 1.54) is 24.9 Å². The van der Waals surface area contributed by atoms with Crippen LogP contribution in [0.4, 0.5) is 10.1 Å². The second-order valence-corrected chi connectivity index (χ2v) is 6.79. The molecule has 3 atom stereocenters. The van der Waals surface area contributed by atoms with Crippen LogP contribution in [0.25, 0.3) is 0 Å². The lowest BCUT2D eigenvalue weighted by Gasteiger charge is -2.37. The highest BCUT2D eigenvalue weighted by Gasteiger charge is 2.27. The van der Waals surface area contributed by atoms with Crippen LogP contribution in [-0.4, -0.2) is 38.4 Å². The Balaban J connectivity index is 1.61. The number of halogens is 1. The Morgan fingerprint density at radius 1 is 1.36 bits per heavy atom. The zero-order valence-corrected chi connectivity index (χ0v) is 13.6. The summed E-state index contributed by atoms with van der Waals surface area (Å²) in [6.45, 7) is 8.13. The van der Waals surface area contributed by atoms with E-state index in [1.54, 1.807) is 12.1 Å². The SMILES string of the molecule is Cc1cc(F)ccc1N1CCCC(NC(C)C2CCOC2)C1. The molecule has 1 N–H and O–H groups in total. The van der Waals surface area contributed by atoms with Crippen molar-refractivity contribution in [3.05, 3.63) is 29.6 Å². The molecular weight excluding hydrogens is 279 g/mol. The third kappa shape index (κ3) is 3.61. The molecule has 2 saturated heterocycles. The summed E-state index contributed by atoms with van der Waals surface area (Å²) in [6.07, 6.45) is 3.57. The number of nitrogens with one attached hydrogen (secondary N) is 1. The average molecular weight is 306 g/mol. The maximum atomic E-state index is 13.3. The molecule has 1 aromatic carbocycles. The van der Waals surface area contributed by atoms with E-state index in [-0.39, 0.29) is 5.82 Å². The zero-order chi connectivity index (χ0) is 15.5. The lowest BCUT2D eigenvalue weighted by molar-refractivity contribution is 0.175. The molecule has 0 spiro atoms. The van der Waals surface area contributed by atoms with Gasteiger partial charge < -0.3 is 15.0 Å². The largest absolute Gasteiger partial charge is 0.381 e. The maximum absolute atomic E-state index is 13.3. The second-order valence-electron chi connectivity index (χ2n) is 6.79. The quantitative estimate of drug-likeness (QED) is 0.925. The van der Waals surface area contributed by atoms with Gasteiger partial charge in [0.15, 0.2) is 0 Å². The predicted octanol–water partition coefficient (Wildman–Crippen LogP) is 3.12. The first-order valence-corrected chi connectivity index (χ1v) is 8.48. The lowest BCUT2D eigenvalue weighted by Crippen LogP contribution is -2.50. The number of piperidine rings is 1. The van der Waals surface area contributed by atoms with Crippen LogP contribution in [0.2, 0.25) is 0 Å². The Labute approximate surface area is 132 Å². The number of ether oxygens (including phenoxy) is 1. The molecule has 3 nitrogen and oxygen atoms in total. The number of rotatable bonds is 4. The van der Waals surface area contributed by atoms with Gasteiger partial charge >= 0.3 is 0 Å². The van der Waals surface area contributed by atoms with Gasteiger partial charge in [0.2, 0.25) is 0 Å². The molecule has 122 valence electrons. The highest BCUT2D eigenvalue weighted by atomic mass is 19.1. The highest BCUT2D eigenvalue weighted by molar-refractivity contribution is 5.53. The van der Waals surface area contributed by atoms with E-state index in [2.05, 4.69) is 17.1 Å². The molecular formula is C18H27FN2O. The Morgan fingerprint density at radius 2 is 2.23 bits per heavy atom. The van der Waals surface area contributed by atoms with E-state index < -0.39 is 0 Å². The fraction of sp³-hybridized carbons (Fsp3) is 0.667. The molecule has 0 aromatic heterocycles. The molecule has 2 aliphatic heterocycles. The third-order valence-electron chi connectivity index (χ3n) is 5.09. The fourth-order valence-corrected chi connectivity index (χ4v) is 3.76. The summed E-state index contributed by atoms with van der Waals surface area (Å²) in [6, 6.07) is 6.12. The van der Waals surface area contributed by atoms with Gasteiger partial charge in [0, 0.05) is 37.5 Å². The number of anilines is 1. The van der Waals surface area contributed by atoms with E-state index in [0.29, 0.717) is 18.0 Å². The van der Waals surface area contributed by atoms with Gasteiger partial charge in [-0.1, -0.05) is 0 Å². The van der Waals surface area contributed by atoms with Gasteiger partial charge in [0.1, 0.15) is 5.82 Å². The molecule has 0 bridgehead atoms. The van der Waals surface area contributed by atoms with Crippen molar-refractivity contribution >= 4 is 5.69 Å². The van der Waals surface area contributed by atoms with Gasteiger partial charge in [-0.3, -0.25) is 0 Å². The van der Waals surface area contributed by atoms with Crippen molar-refractivity contribution in [2.24, 2.45) is 5.92 Å². The van der Waals surface area contributed by atoms with Crippen LogP contribution in [0.15, 0.2) is 18.2 Å². The highest BCUT2D eigenvalue weighted by Crippen LogP contribution is 2.25. The van der Waals surface area contributed by atoms with Crippen LogP contribution in [0.5, 0.6) is 0 Å². The first kappa shape index (κ1) is 15.8. The maximum Gasteiger partial charge on any atom is 0.123 e. The first-order chi connectivity index (χ1) is 10.6. The molecule has 3 unspecified atom stereocenters. The predicted molar refractivity (Wildman–Crippen MR) is 87.9 cm³/mol. The van der Waals surface area contributed by atoms with E-state index in [0.717, 1.165) is 31.9 Å². The summed E-state index contributed by atoms with van der Waals surface area (Å²) in [4.78, 5) is 2.40. The van der Waals surface area contributed by atoms with Gasteiger partial charge in [-0.05, 0) is 62.8 Å². The molecule has 1 aromatic rings. The molecule has 2 heterocycles. The van der Waals surface area contributed by atoms with E-state index >= 15 is 0 Å². The lowest BCUT2D eigenvalue weighted by atomic mass is 9.97. The standard InChI is InChI=1S/C18H27FN2O/c1-13-10-16(19)5-6-18(13)21-8-3-4-17(11-21)20-14(2)15-7-9-22-12-15/h5-6,10,14-15,17,20H,3-4,7-9,11-12H2,1-2H3. The molecule has 2 fully saturated rings. The molecule has 0 radical (unpaired) electrons. The van der Waals surface area contributed by atoms with Crippen LogP contribution in [-0.2, 0) is 4.74 Å². The van der Waals surface area contributed by atoms with Crippen molar-refractivity contribution in [1.29, 1.82) is 0 Å². The summed E-state index contributed by atoms with van der Waals surface area (Å²) in [5, 5.41) is 3.80. The number of nitrogens with zero attached hydrogens (tertiary/aromatic N) is 1. The molecule has 0 aliphatic carbocycles.